The van der Waals surface area contributed by atoms with Crippen molar-refractivity contribution in [2.24, 2.45) is 5.73 Å². The Bertz CT molecular complexity index is 91.7. The fourth-order valence-corrected chi connectivity index (χ4v) is 0.204. The molecule has 0 saturated heterocycles. The molecule has 0 unspecified atom stereocenters. The van der Waals surface area contributed by atoms with Gasteiger partial charge in [0.1, 0.15) is 6.04 Å². The standard InChI is InChI=1S/C4H10O.C3H7NO2/c1-3-5-4-2;1-2(4)3(5)6/h3-4H2,1-2H3;2H,4H2,1H3,(H,5,6)/t;2-/m.0/s1. The minimum Gasteiger partial charge on any atom is -0.480 e. The predicted molar refractivity (Wildman–Crippen MR) is 43.5 cm³/mol. The van der Waals surface area contributed by atoms with Crippen molar-refractivity contribution in [3.63, 3.8) is 0 Å². The molecule has 0 bridgehead atoms. The van der Waals surface area contributed by atoms with Gasteiger partial charge in [0.2, 0.25) is 0 Å². The number of rotatable bonds is 3. The number of carboxylic acid groups (broad SMARTS) is 1. The Balaban J connectivity index is 0. The molecule has 11 heavy (non-hydrogen) atoms. The van der Waals surface area contributed by atoms with Gasteiger partial charge in [-0.2, -0.15) is 0 Å². The van der Waals surface area contributed by atoms with Gasteiger partial charge >= 0.3 is 5.97 Å². The Labute approximate surface area is 67.3 Å². The Kier molecular flexibility index (Phi) is 11.1. The zero-order valence-electron chi connectivity index (χ0n) is 7.33. The van der Waals surface area contributed by atoms with Crippen molar-refractivity contribution in [2.75, 3.05) is 13.2 Å². The third kappa shape index (κ3) is 17.7. The first-order chi connectivity index (χ1) is 5.06. The molecule has 4 heteroatoms. The summed E-state index contributed by atoms with van der Waals surface area (Å²) in [5.41, 5.74) is 4.84. The Hall–Kier alpha value is -0.610. The van der Waals surface area contributed by atoms with Crippen molar-refractivity contribution in [3.05, 3.63) is 0 Å². The molecule has 1 atom stereocenters. The maximum atomic E-state index is 9.57. The van der Waals surface area contributed by atoms with Crippen LogP contribution in [0.15, 0.2) is 0 Å². The highest BCUT2D eigenvalue weighted by molar-refractivity contribution is 5.72. The normalized spacial score (nSPS) is 11.3. The molecule has 0 fully saturated rings. The molecular formula is C7H17NO3. The van der Waals surface area contributed by atoms with Crippen LogP contribution in [-0.2, 0) is 9.53 Å². The van der Waals surface area contributed by atoms with Gasteiger partial charge < -0.3 is 15.6 Å². The fourth-order valence-electron chi connectivity index (χ4n) is 0.204. The van der Waals surface area contributed by atoms with Gasteiger partial charge in [-0.15, -0.1) is 0 Å². The first kappa shape index (κ1) is 13.0. The first-order valence-electron chi connectivity index (χ1n) is 3.62. The molecule has 3 N–H and O–H groups in total. The lowest BCUT2D eigenvalue weighted by molar-refractivity contribution is -0.138. The van der Waals surface area contributed by atoms with Crippen molar-refractivity contribution in [3.8, 4) is 0 Å². The molecule has 0 aromatic heterocycles. The SMILES string of the molecule is CCOCC.C[C@H](N)C(=O)O. The summed E-state index contributed by atoms with van der Waals surface area (Å²) in [6, 6.07) is -0.731. The van der Waals surface area contributed by atoms with E-state index in [4.69, 9.17) is 15.6 Å². The van der Waals surface area contributed by atoms with Crippen LogP contribution < -0.4 is 5.73 Å². The molecule has 4 nitrogen and oxygen atoms in total. The largest absolute Gasteiger partial charge is 0.480 e. The summed E-state index contributed by atoms with van der Waals surface area (Å²) >= 11 is 0. The molecule has 0 spiro atoms. The first-order valence-corrected chi connectivity index (χ1v) is 3.62. The number of hydrogen-bond acceptors (Lipinski definition) is 3. The quantitative estimate of drug-likeness (QED) is 0.634. The van der Waals surface area contributed by atoms with Gasteiger partial charge in [0, 0.05) is 13.2 Å². The van der Waals surface area contributed by atoms with Crippen LogP contribution in [0.1, 0.15) is 20.8 Å². The summed E-state index contributed by atoms with van der Waals surface area (Å²) in [4.78, 5) is 9.57. The van der Waals surface area contributed by atoms with Gasteiger partial charge in [0.05, 0.1) is 0 Å². The predicted octanol–water partition coefficient (Wildman–Crippen LogP) is 0.461. The number of carboxylic acids is 1. The number of nitrogens with two attached hydrogens (primary N) is 1. The maximum Gasteiger partial charge on any atom is 0.320 e. The topological polar surface area (TPSA) is 72.5 Å². The molecule has 0 radical (unpaired) electrons. The fraction of sp³-hybridized carbons (Fsp3) is 0.857. The van der Waals surface area contributed by atoms with Crippen LogP contribution in [0.3, 0.4) is 0 Å². The average molecular weight is 163 g/mol. The van der Waals surface area contributed by atoms with Crippen LogP contribution in [-0.4, -0.2) is 30.3 Å². The lowest BCUT2D eigenvalue weighted by Crippen LogP contribution is -2.25. The van der Waals surface area contributed by atoms with Crippen molar-refractivity contribution in [2.45, 2.75) is 26.8 Å². The van der Waals surface area contributed by atoms with Gasteiger partial charge in [0.25, 0.3) is 0 Å². The van der Waals surface area contributed by atoms with E-state index >= 15 is 0 Å². The molecule has 68 valence electrons. The molecule has 0 aliphatic heterocycles. The zero-order valence-corrected chi connectivity index (χ0v) is 7.33. The molecule has 0 aromatic carbocycles. The summed E-state index contributed by atoms with van der Waals surface area (Å²) in [6.07, 6.45) is 0. The smallest absolute Gasteiger partial charge is 0.320 e. The van der Waals surface area contributed by atoms with Gasteiger partial charge in [-0.25, -0.2) is 0 Å². The third-order valence-electron chi connectivity index (χ3n) is 0.798. The Morgan fingerprint density at radius 1 is 1.55 bits per heavy atom. The molecule has 0 aliphatic rings. The van der Waals surface area contributed by atoms with E-state index in [0.29, 0.717) is 0 Å². The molecule has 0 heterocycles. The molecule has 0 saturated carbocycles. The zero-order chi connectivity index (χ0) is 9.28. The second-order valence-electron chi connectivity index (χ2n) is 1.91. The highest BCUT2D eigenvalue weighted by atomic mass is 16.5. The van der Waals surface area contributed by atoms with E-state index in [0.717, 1.165) is 13.2 Å². The molecular weight excluding hydrogens is 146 g/mol. The van der Waals surface area contributed by atoms with E-state index in [1.807, 2.05) is 13.8 Å². The van der Waals surface area contributed by atoms with E-state index in [9.17, 15) is 4.79 Å². The van der Waals surface area contributed by atoms with Crippen LogP contribution in [0.5, 0.6) is 0 Å². The lowest BCUT2D eigenvalue weighted by Gasteiger charge is -1.90. The van der Waals surface area contributed by atoms with Gasteiger partial charge in [-0.05, 0) is 20.8 Å². The van der Waals surface area contributed by atoms with Crippen molar-refractivity contribution in [1.29, 1.82) is 0 Å². The summed E-state index contributed by atoms with van der Waals surface area (Å²) in [6.45, 7) is 7.09. The van der Waals surface area contributed by atoms with Crippen LogP contribution >= 0.6 is 0 Å². The lowest BCUT2D eigenvalue weighted by atomic mass is 10.4. The second-order valence-corrected chi connectivity index (χ2v) is 1.91. The van der Waals surface area contributed by atoms with E-state index in [1.165, 1.54) is 6.92 Å². The Morgan fingerprint density at radius 2 is 1.82 bits per heavy atom. The molecule has 0 amide bonds. The second kappa shape index (κ2) is 9.39. The molecule has 0 rings (SSSR count). The summed E-state index contributed by atoms with van der Waals surface area (Å²) in [7, 11) is 0. The van der Waals surface area contributed by atoms with E-state index < -0.39 is 12.0 Å². The van der Waals surface area contributed by atoms with Crippen LogP contribution in [0.4, 0.5) is 0 Å². The van der Waals surface area contributed by atoms with Gasteiger partial charge in [-0.3, -0.25) is 4.79 Å². The average Bonchev–Trinajstić information content (AvgIpc) is 1.90. The summed E-state index contributed by atoms with van der Waals surface area (Å²) in [5.74, 6) is -0.963. The van der Waals surface area contributed by atoms with Crippen LogP contribution in [0, 0.1) is 0 Å². The van der Waals surface area contributed by atoms with Crippen LogP contribution in [0.2, 0.25) is 0 Å². The maximum absolute atomic E-state index is 9.57. The van der Waals surface area contributed by atoms with Gasteiger partial charge in [0.15, 0.2) is 0 Å². The number of aliphatic carboxylic acids is 1. The number of carbonyl (C=O) groups is 1. The summed E-state index contributed by atoms with van der Waals surface area (Å²) in [5, 5.41) is 7.87. The van der Waals surface area contributed by atoms with Crippen LogP contribution in [0.25, 0.3) is 0 Å². The van der Waals surface area contributed by atoms with Crippen molar-refractivity contribution >= 4 is 5.97 Å². The van der Waals surface area contributed by atoms with Crippen molar-refractivity contribution in [1.82, 2.24) is 0 Å². The minimum atomic E-state index is -0.963. The monoisotopic (exact) mass is 163 g/mol. The molecule has 0 aliphatic carbocycles. The minimum absolute atomic E-state index is 0.731. The van der Waals surface area contributed by atoms with Gasteiger partial charge in [-0.1, -0.05) is 0 Å². The van der Waals surface area contributed by atoms with E-state index in [1.54, 1.807) is 0 Å². The summed E-state index contributed by atoms with van der Waals surface area (Å²) < 4.78 is 4.83. The van der Waals surface area contributed by atoms with E-state index in [2.05, 4.69) is 0 Å². The highest BCUT2D eigenvalue weighted by Crippen LogP contribution is 1.68. The Morgan fingerprint density at radius 3 is 1.82 bits per heavy atom. The highest BCUT2D eigenvalue weighted by Gasteiger charge is 1.99. The number of hydrogen-bond donors (Lipinski definition) is 2. The third-order valence-corrected chi connectivity index (χ3v) is 0.798. The molecule has 0 aromatic rings. The number of ether oxygens (including phenoxy) is 1. The van der Waals surface area contributed by atoms with Crippen molar-refractivity contribution < 1.29 is 14.6 Å². The van der Waals surface area contributed by atoms with E-state index in [-0.39, 0.29) is 0 Å².